The van der Waals surface area contributed by atoms with Gasteiger partial charge in [-0.1, -0.05) is 13.0 Å². The Labute approximate surface area is 141 Å². The number of rotatable bonds is 3. The summed E-state index contributed by atoms with van der Waals surface area (Å²) in [5.41, 5.74) is 1.94. The summed E-state index contributed by atoms with van der Waals surface area (Å²) in [6.45, 7) is 4.79. The number of carbonyl (C=O) groups is 1. The van der Waals surface area contributed by atoms with Crippen LogP contribution in [0.5, 0.6) is 5.75 Å². The molecule has 2 heterocycles. The van der Waals surface area contributed by atoms with Gasteiger partial charge in [0.05, 0.1) is 5.69 Å². The van der Waals surface area contributed by atoms with Crippen LogP contribution in [0.2, 0.25) is 0 Å². The first-order valence-corrected chi connectivity index (χ1v) is 8.19. The van der Waals surface area contributed by atoms with Crippen molar-refractivity contribution in [2.75, 3.05) is 36.4 Å². The fraction of sp³-hybridized carbons (Fsp3) is 0.412. The molecule has 1 saturated heterocycles. The normalized spacial score (nSPS) is 14.8. The Hall–Kier alpha value is -2.70. The van der Waals surface area contributed by atoms with Crippen molar-refractivity contribution in [3.63, 3.8) is 0 Å². The first kappa shape index (κ1) is 16.2. The molecule has 0 atom stereocenters. The molecular formula is C17H23N5O2. The number of amides is 2. The molecule has 2 aromatic rings. The number of nitrogens with zero attached hydrogens (tertiary/aromatic N) is 4. The second kappa shape index (κ2) is 6.82. The van der Waals surface area contributed by atoms with Crippen molar-refractivity contribution in [1.29, 1.82) is 0 Å². The van der Waals surface area contributed by atoms with E-state index in [9.17, 15) is 9.90 Å². The molecule has 0 bridgehead atoms. The zero-order valence-corrected chi connectivity index (χ0v) is 14.1. The van der Waals surface area contributed by atoms with Gasteiger partial charge in [0.1, 0.15) is 11.6 Å². The molecule has 0 saturated carbocycles. The lowest BCUT2D eigenvalue weighted by atomic mass is 10.2. The number of hydrogen-bond donors (Lipinski definition) is 2. The second-order valence-electron chi connectivity index (χ2n) is 5.92. The van der Waals surface area contributed by atoms with Crippen LogP contribution in [0.15, 0.2) is 30.3 Å². The number of anilines is 2. The highest BCUT2D eigenvalue weighted by molar-refractivity contribution is 5.88. The van der Waals surface area contributed by atoms with Crippen molar-refractivity contribution in [3.8, 4) is 5.75 Å². The van der Waals surface area contributed by atoms with Crippen molar-refractivity contribution in [2.24, 2.45) is 7.05 Å². The zero-order chi connectivity index (χ0) is 17.1. The van der Waals surface area contributed by atoms with E-state index in [0.29, 0.717) is 18.9 Å². The number of aromatic nitrogens is 2. The predicted octanol–water partition coefficient (Wildman–Crippen LogP) is 2.04. The van der Waals surface area contributed by atoms with Gasteiger partial charge in [-0.05, 0) is 18.6 Å². The van der Waals surface area contributed by atoms with Crippen molar-refractivity contribution in [3.05, 3.63) is 36.0 Å². The van der Waals surface area contributed by atoms with Gasteiger partial charge in [-0.2, -0.15) is 5.10 Å². The van der Waals surface area contributed by atoms with Crippen LogP contribution in [0.25, 0.3) is 0 Å². The fourth-order valence-corrected chi connectivity index (χ4v) is 2.86. The highest BCUT2D eigenvalue weighted by atomic mass is 16.3. The summed E-state index contributed by atoms with van der Waals surface area (Å²) in [6.07, 6.45) is 0.840. The monoisotopic (exact) mass is 329 g/mol. The van der Waals surface area contributed by atoms with E-state index in [1.54, 1.807) is 21.7 Å². The van der Waals surface area contributed by atoms with Crippen LogP contribution in [-0.4, -0.2) is 52.0 Å². The highest BCUT2D eigenvalue weighted by Gasteiger charge is 2.22. The predicted molar refractivity (Wildman–Crippen MR) is 93.5 cm³/mol. The number of nitrogens with one attached hydrogen (secondary N) is 1. The Morgan fingerprint density at radius 1 is 1.25 bits per heavy atom. The molecule has 1 aromatic carbocycles. The molecule has 1 fully saturated rings. The minimum atomic E-state index is -0.101. The van der Waals surface area contributed by atoms with Crippen LogP contribution < -0.4 is 10.2 Å². The standard InChI is InChI=1S/C17H23N5O2/c1-3-13-11-16(20(2)19-13)18-17(24)22-9-7-21(8-10-22)14-5-4-6-15(23)12-14/h4-6,11-12,23H,3,7-10H2,1-2H3,(H,18,24). The average molecular weight is 329 g/mol. The van der Waals surface area contributed by atoms with E-state index in [0.717, 1.165) is 30.9 Å². The van der Waals surface area contributed by atoms with E-state index < -0.39 is 0 Å². The van der Waals surface area contributed by atoms with Gasteiger partial charge in [0.25, 0.3) is 0 Å². The Balaban J connectivity index is 1.58. The van der Waals surface area contributed by atoms with Gasteiger partial charge in [-0.25, -0.2) is 4.79 Å². The average Bonchev–Trinajstić information content (AvgIpc) is 2.95. The third-order valence-electron chi connectivity index (χ3n) is 4.29. The number of aryl methyl sites for hydroxylation is 2. The van der Waals surface area contributed by atoms with Crippen molar-refractivity contribution in [1.82, 2.24) is 14.7 Å². The Morgan fingerprint density at radius 2 is 2.00 bits per heavy atom. The maximum Gasteiger partial charge on any atom is 0.323 e. The van der Waals surface area contributed by atoms with E-state index in [1.165, 1.54) is 0 Å². The van der Waals surface area contributed by atoms with E-state index >= 15 is 0 Å². The number of phenolic OH excluding ortho intramolecular Hbond substituents is 1. The van der Waals surface area contributed by atoms with Crippen LogP contribution in [0, 0.1) is 0 Å². The van der Waals surface area contributed by atoms with Gasteiger partial charge in [-0.3, -0.25) is 10.00 Å². The molecule has 3 rings (SSSR count). The number of carbonyl (C=O) groups excluding carboxylic acids is 1. The molecule has 7 heteroatoms. The Bertz CT molecular complexity index is 720. The molecule has 7 nitrogen and oxygen atoms in total. The number of phenols is 1. The number of piperazine rings is 1. The molecule has 0 radical (unpaired) electrons. The summed E-state index contributed by atoms with van der Waals surface area (Å²) in [5.74, 6) is 0.975. The molecule has 1 aliphatic rings. The summed E-state index contributed by atoms with van der Waals surface area (Å²) in [5, 5.41) is 16.9. The summed E-state index contributed by atoms with van der Waals surface area (Å²) in [6, 6.07) is 9.01. The molecule has 2 N–H and O–H groups in total. The maximum absolute atomic E-state index is 12.4. The van der Waals surface area contributed by atoms with Crippen molar-refractivity contribution < 1.29 is 9.90 Å². The number of hydrogen-bond acceptors (Lipinski definition) is 4. The number of urea groups is 1. The number of aromatic hydroxyl groups is 1. The summed E-state index contributed by atoms with van der Waals surface area (Å²) in [4.78, 5) is 16.4. The molecule has 2 amide bonds. The van der Waals surface area contributed by atoms with E-state index in [2.05, 4.69) is 15.3 Å². The van der Waals surface area contributed by atoms with Crippen LogP contribution in [0.3, 0.4) is 0 Å². The van der Waals surface area contributed by atoms with Crippen molar-refractivity contribution >= 4 is 17.5 Å². The lowest BCUT2D eigenvalue weighted by Crippen LogP contribution is -2.50. The first-order valence-electron chi connectivity index (χ1n) is 8.19. The van der Waals surface area contributed by atoms with E-state index in [-0.39, 0.29) is 11.8 Å². The molecule has 24 heavy (non-hydrogen) atoms. The van der Waals surface area contributed by atoms with Gasteiger partial charge in [0.15, 0.2) is 0 Å². The second-order valence-corrected chi connectivity index (χ2v) is 5.92. The summed E-state index contributed by atoms with van der Waals surface area (Å²) in [7, 11) is 1.83. The van der Waals surface area contributed by atoms with Gasteiger partial charge in [0, 0.05) is 51.0 Å². The summed E-state index contributed by atoms with van der Waals surface area (Å²) >= 11 is 0. The number of benzene rings is 1. The van der Waals surface area contributed by atoms with E-state index in [4.69, 9.17) is 0 Å². The van der Waals surface area contributed by atoms with E-state index in [1.807, 2.05) is 32.2 Å². The lowest BCUT2D eigenvalue weighted by molar-refractivity contribution is 0.208. The largest absolute Gasteiger partial charge is 0.508 e. The van der Waals surface area contributed by atoms with Gasteiger partial charge in [-0.15, -0.1) is 0 Å². The zero-order valence-electron chi connectivity index (χ0n) is 14.1. The van der Waals surface area contributed by atoms with Gasteiger partial charge >= 0.3 is 6.03 Å². The lowest BCUT2D eigenvalue weighted by Gasteiger charge is -2.36. The smallest absolute Gasteiger partial charge is 0.323 e. The van der Waals surface area contributed by atoms with Crippen molar-refractivity contribution in [2.45, 2.75) is 13.3 Å². The Morgan fingerprint density at radius 3 is 2.62 bits per heavy atom. The third kappa shape index (κ3) is 3.45. The SMILES string of the molecule is CCc1cc(NC(=O)N2CCN(c3cccc(O)c3)CC2)n(C)n1. The third-order valence-corrected chi connectivity index (χ3v) is 4.29. The van der Waals surface area contributed by atoms with Crippen LogP contribution >= 0.6 is 0 Å². The Kier molecular flexibility index (Phi) is 4.59. The minimum Gasteiger partial charge on any atom is -0.508 e. The molecule has 128 valence electrons. The molecule has 1 aliphatic heterocycles. The molecule has 0 unspecified atom stereocenters. The fourth-order valence-electron chi connectivity index (χ4n) is 2.86. The van der Waals surface area contributed by atoms with Gasteiger partial charge < -0.3 is 14.9 Å². The summed E-state index contributed by atoms with van der Waals surface area (Å²) < 4.78 is 1.69. The van der Waals surface area contributed by atoms with Crippen LogP contribution in [-0.2, 0) is 13.5 Å². The molecule has 0 aliphatic carbocycles. The van der Waals surface area contributed by atoms with Crippen LogP contribution in [0.4, 0.5) is 16.3 Å². The molecule has 0 spiro atoms. The topological polar surface area (TPSA) is 73.6 Å². The van der Waals surface area contributed by atoms with Gasteiger partial charge in [0.2, 0.25) is 0 Å². The molecule has 1 aromatic heterocycles. The van der Waals surface area contributed by atoms with Crippen LogP contribution in [0.1, 0.15) is 12.6 Å². The quantitative estimate of drug-likeness (QED) is 0.904. The molecular weight excluding hydrogens is 306 g/mol. The minimum absolute atomic E-state index is 0.101. The first-order chi connectivity index (χ1) is 11.6. The highest BCUT2D eigenvalue weighted by Crippen LogP contribution is 2.21. The maximum atomic E-state index is 12.4.